The Bertz CT molecular complexity index is 796. The van der Waals surface area contributed by atoms with E-state index in [0.717, 1.165) is 38.3 Å². The number of carbonyl (C=O) groups excluding carboxylic acids is 2. The lowest BCUT2D eigenvalue weighted by atomic mass is 10.1. The van der Waals surface area contributed by atoms with Gasteiger partial charge in [-0.15, -0.1) is 12.4 Å². The minimum atomic E-state index is -0.756. The van der Waals surface area contributed by atoms with E-state index in [4.69, 9.17) is 4.74 Å². The maximum Gasteiger partial charge on any atom is 0.252 e. The third-order valence-electron chi connectivity index (χ3n) is 4.96. The van der Waals surface area contributed by atoms with Crippen LogP contribution in [0.4, 0.5) is 0 Å². The summed E-state index contributed by atoms with van der Waals surface area (Å²) in [6, 6.07) is 15.3. The Morgan fingerprint density at radius 1 is 1.07 bits per heavy atom. The van der Waals surface area contributed by atoms with Crippen LogP contribution in [0.25, 0.3) is 0 Å². The molecule has 30 heavy (non-hydrogen) atoms. The van der Waals surface area contributed by atoms with Gasteiger partial charge in [0, 0.05) is 44.8 Å². The average Bonchev–Trinajstić information content (AvgIpc) is 2.78. The van der Waals surface area contributed by atoms with Crippen molar-refractivity contribution in [2.45, 2.75) is 6.04 Å². The lowest BCUT2D eigenvalue weighted by Crippen LogP contribution is -2.47. The average molecular weight is 433 g/mol. The predicted molar refractivity (Wildman–Crippen MR) is 119 cm³/mol. The summed E-state index contributed by atoms with van der Waals surface area (Å²) in [7, 11) is 1.57. The summed E-state index contributed by atoms with van der Waals surface area (Å²) in [5.74, 6) is 0.152. The Balaban J connectivity index is 0.00000320. The molecule has 0 aromatic heterocycles. The van der Waals surface area contributed by atoms with Gasteiger partial charge in [-0.1, -0.05) is 30.3 Å². The fourth-order valence-corrected chi connectivity index (χ4v) is 3.28. The molecule has 1 aliphatic rings. The lowest BCUT2D eigenvalue weighted by molar-refractivity contribution is -0.123. The van der Waals surface area contributed by atoms with Crippen molar-refractivity contribution in [3.8, 4) is 5.75 Å². The molecule has 8 heteroatoms. The molecule has 1 atom stereocenters. The first kappa shape index (κ1) is 23.7. The van der Waals surface area contributed by atoms with Gasteiger partial charge in [-0.3, -0.25) is 14.5 Å². The van der Waals surface area contributed by atoms with Crippen LogP contribution in [0.15, 0.2) is 54.6 Å². The van der Waals surface area contributed by atoms with E-state index in [1.165, 1.54) is 0 Å². The minimum Gasteiger partial charge on any atom is -0.497 e. The van der Waals surface area contributed by atoms with Crippen LogP contribution in [0, 0.1) is 0 Å². The molecule has 1 saturated heterocycles. The Morgan fingerprint density at radius 3 is 2.37 bits per heavy atom. The molecule has 1 heterocycles. The van der Waals surface area contributed by atoms with E-state index in [2.05, 4.69) is 20.9 Å². The summed E-state index contributed by atoms with van der Waals surface area (Å²) in [6.45, 7) is 5.23. The van der Waals surface area contributed by atoms with E-state index >= 15 is 0 Å². The van der Waals surface area contributed by atoms with Crippen LogP contribution in [0.3, 0.4) is 0 Å². The van der Waals surface area contributed by atoms with Crippen LogP contribution in [0.1, 0.15) is 22.0 Å². The predicted octanol–water partition coefficient (Wildman–Crippen LogP) is 1.61. The molecule has 1 fully saturated rings. The number of nitrogens with one attached hydrogen (secondary N) is 3. The number of piperazine rings is 1. The third-order valence-corrected chi connectivity index (χ3v) is 4.96. The van der Waals surface area contributed by atoms with Crippen LogP contribution >= 0.6 is 12.4 Å². The number of amides is 2. The van der Waals surface area contributed by atoms with Gasteiger partial charge in [0.15, 0.2) is 0 Å². The van der Waals surface area contributed by atoms with Gasteiger partial charge in [0.05, 0.1) is 7.11 Å². The molecule has 3 rings (SSSR count). The first-order valence-corrected chi connectivity index (χ1v) is 9.88. The molecule has 2 aromatic carbocycles. The van der Waals surface area contributed by atoms with Crippen molar-refractivity contribution in [3.05, 3.63) is 65.7 Å². The van der Waals surface area contributed by atoms with Crippen molar-refractivity contribution < 1.29 is 14.3 Å². The fourth-order valence-electron chi connectivity index (χ4n) is 3.28. The first-order chi connectivity index (χ1) is 14.2. The Morgan fingerprint density at radius 2 is 1.73 bits per heavy atom. The molecule has 0 spiro atoms. The molecule has 1 unspecified atom stereocenters. The van der Waals surface area contributed by atoms with Crippen LogP contribution in [-0.4, -0.2) is 63.1 Å². The summed E-state index contributed by atoms with van der Waals surface area (Å²) in [5.41, 5.74) is 1.22. The van der Waals surface area contributed by atoms with E-state index in [1.54, 1.807) is 31.4 Å². The van der Waals surface area contributed by atoms with E-state index in [9.17, 15) is 9.59 Å². The molecule has 0 bridgehead atoms. The lowest BCUT2D eigenvalue weighted by Gasteiger charge is -2.27. The molecule has 2 aromatic rings. The maximum atomic E-state index is 12.9. The van der Waals surface area contributed by atoms with Crippen molar-refractivity contribution in [1.29, 1.82) is 0 Å². The number of hydrogen-bond donors (Lipinski definition) is 3. The number of benzene rings is 2. The van der Waals surface area contributed by atoms with Gasteiger partial charge >= 0.3 is 0 Å². The number of ether oxygens (including phenoxy) is 1. The van der Waals surface area contributed by atoms with Crippen LogP contribution in [0.2, 0.25) is 0 Å². The molecular weight excluding hydrogens is 404 g/mol. The van der Waals surface area contributed by atoms with Crippen molar-refractivity contribution in [2.24, 2.45) is 0 Å². The Labute approximate surface area is 183 Å². The van der Waals surface area contributed by atoms with Crippen LogP contribution < -0.4 is 20.7 Å². The molecule has 2 amide bonds. The summed E-state index contributed by atoms with van der Waals surface area (Å²) in [4.78, 5) is 27.9. The normalized spacial score (nSPS) is 14.8. The SMILES string of the molecule is COc1ccc(C(=O)NC(C(=O)NCCN2CCNCC2)c2ccccc2)cc1.Cl. The van der Waals surface area contributed by atoms with Gasteiger partial charge in [-0.25, -0.2) is 0 Å². The molecule has 0 aliphatic carbocycles. The molecule has 1 aliphatic heterocycles. The summed E-state index contributed by atoms with van der Waals surface area (Å²) in [5, 5.41) is 9.14. The maximum absolute atomic E-state index is 12.9. The van der Waals surface area contributed by atoms with Crippen LogP contribution in [0.5, 0.6) is 5.75 Å². The van der Waals surface area contributed by atoms with E-state index in [1.807, 2.05) is 30.3 Å². The smallest absolute Gasteiger partial charge is 0.252 e. The summed E-state index contributed by atoms with van der Waals surface area (Å²) in [6.07, 6.45) is 0. The van der Waals surface area contributed by atoms with Gasteiger partial charge in [-0.2, -0.15) is 0 Å². The molecule has 7 nitrogen and oxygen atoms in total. The number of nitrogens with zero attached hydrogens (tertiary/aromatic N) is 1. The Hall–Kier alpha value is -2.61. The number of methoxy groups -OCH3 is 1. The zero-order chi connectivity index (χ0) is 20.5. The highest BCUT2D eigenvalue weighted by atomic mass is 35.5. The zero-order valence-corrected chi connectivity index (χ0v) is 17.9. The second kappa shape index (κ2) is 12.2. The van der Waals surface area contributed by atoms with E-state index < -0.39 is 6.04 Å². The first-order valence-electron chi connectivity index (χ1n) is 9.88. The van der Waals surface area contributed by atoms with Gasteiger partial charge in [0.1, 0.15) is 11.8 Å². The highest BCUT2D eigenvalue weighted by Gasteiger charge is 2.23. The number of halogens is 1. The van der Waals surface area contributed by atoms with E-state index in [-0.39, 0.29) is 24.2 Å². The van der Waals surface area contributed by atoms with Crippen molar-refractivity contribution in [1.82, 2.24) is 20.9 Å². The second-order valence-corrected chi connectivity index (χ2v) is 6.93. The zero-order valence-electron chi connectivity index (χ0n) is 17.1. The quantitative estimate of drug-likeness (QED) is 0.590. The molecule has 0 radical (unpaired) electrons. The molecule has 3 N–H and O–H groups in total. The second-order valence-electron chi connectivity index (χ2n) is 6.93. The molecular formula is C22H29ClN4O3. The fraction of sp³-hybridized carbons (Fsp3) is 0.364. The Kier molecular flexibility index (Phi) is 9.60. The monoisotopic (exact) mass is 432 g/mol. The summed E-state index contributed by atoms with van der Waals surface area (Å²) < 4.78 is 5.13. The topological polar surface area (TPSA) is 82.7 Å². The van der Waals surface area contributed by atoms with Gasteiger partial charge in [0.2, 0.25) is 5.91 Å². The third kappa shape index (κ3) is 6.73. The summed E-state index contributed by atoms with van der Waals surface area (Å²) >= 11 is 0. The van der Waals surface area contributed by atoms with Crippen molar-refractivity contribution in [2.75, 3.05) is 46.4 Å². The largest absolute Gasteiger partial charge is 0.497 e. The van der Waals surface area contributed by atoms with E-state index in [0.29, 0.717) is 17.9 Å². The van der Waals surface area contributed by atoms with Gasteiger partial charge in [0.25, 0.3) is 5.91 Å². The molecule has 0 saturated carbocycles. The van der Waals surface area contributed by atoms with Gasteiger partial charge in [-0.05, 0) is 29.8 Å². The van der Waals surface area contributed by atoms with Crippen molar-refractivity contribution >= 4 is 24.2 Å². The molecule has 162 valence electrons. The highest BCUT2D eigenvalue weighted by Crippen LogP contribution is 2.16. The van der Waals surface area contributed by atoms with Crippen molar-refractivity contribution in [3.63, 3.8) is 0 Å². The van der Waals surface area contributed by atoms with Gasteiger partial charge < -0.3 is 20.7 Å². The number of hydrogen-bond acceptors (Lipinski definition) is 5. The number of rotatable bonds is 8. The highest BCUT2D eigenvalue weighted by molar-refractivity contribution is 5.98. The minimum absolute atomic E-state index is 0. The standard InChI is InChI=1S/C22H28N4O3.ClH/c1-29-19-9-7-18(8-10-19)21(27)25-20(17-5-3-2-4-6-17)22(28)24-13-16-26-14-11-23-12-15-26;/h2-10,20,23H,11-16H2,1H3,(H,24,28)(H,25,27);1H. The van der Waals surface area contributed by atoms with Crippen LogP contribution in [-0.2, 0) is 4.79 Å². The number of carbonyl (C=O) groups is 2.